The lowest BCUT2D eigenvalue weighted by Gasteiger charge is -2.09. The first-order chi connectivity index (χ1) is 9.49. The number of benzene rings is 1. The smallest absolute Gasteiger partial charge is 0.262 e. The summed E-state index contributed by atoms with van der Waals surface area (Å²) in [5, 5.41) is 7.74. The molecule has 3 aromatic rings. The molecule has 0 aliphatic carbocycles. The Morgan fingerprint density at radius 1 is 1.05 bits per heavy atom. The summed E-state index contributed by atoms with van der Waals surface area (Å²) in [5.74, 6) is -0.0848. The maximum atomic E-state index is 13.8. The Labute approximate surface area is 114 Å². The highest BCUT2D eigenvalue weighted by atomic mass is 19.1. The maximum absolute atomic E-state index is 13.8. The molecule has 5 nitrogen and oxygen atoms in total. The highest BCUT2D eigenvalue weighted by Crippen LogP contribution is 2.15. The van der Waals surface area contributed by atoms with Crippen LogP contribution in [0.15, 0.2) is 29.1 Å². The monoisotopic (exact) mass is 272 g/mol. The molecule has 0 aliphatic rings. The second-order valence-corrected chi connectivity index (χ2v) is 4.79. The molecular weight excluding hydrogens is 259 g/mol. The van der Waals surface area contributed by atoms with E-state index in [0.717, 1.165) is 17.2 Å². The minimum atomic E-state index is -0.660. The Bertz CT molecular complexity index is 879. The van der Waals surface area contributed by atoms with Gasteiger partial charge in [-0.05, 0) is 44.0 Å². The van der Waals surface area contributed by atoms with E-state index in [9.17, 15) is 9.18 Å². The van der Waals surface area contributed by atoms with Gasteiger partial charge in [-0.15, -0.1) is 10.2 Å². The van der Waals surface area contributed by atoms with Crippen LogP contribution in [-0.4, -0.2) is 19.2 Å². The standard InChI is InChI=1S/C14H13FN4O/c1-8-4-5-11(6-9(8)2)19-13(20)7-12(15)18-10(3)16-17-14(18)19/h4-7H,1-3H3. The molecule has 3 rings (SSSR count). The number of aromatic nitrogens is 4. The van der Waals surface area contributed by atoms with Crippen LogP contribution in [0.3, 0.4) is 0 Å². The van der Waals surface area contributed by atoms with Crippen molar-refractivity contribution in [3.05, 3.63) is 57.5 Å². The molecule has 0 unspecified atom stereocenters. The molecule has 0 bridgehead atoms. The van der Waals surface area contributed by atoms with Gasteiger partial charge >= 0.3 is 0 Å². The zero-order chi connectivity index (χ0) is 14.4. The molecule has 20 heavy (non-hydrogen) atoms. The van der Waals surface area contributed by atoms with Crippen molar-refractivity contribution in [3.8, 4) is 5.69 Å². The van der Waals surface area contributed by atoms with Gasteiger partial charge in [0.05, 0.1) is 11.8 Å². The van der Waals surface area contributed by atoms with E-state index < -0.39 is 11.5 Å². The molecular formula is C14H13FN4O. The molecule has 0 spiro atoms. The highest BCUT2D eigenvalue weighted by Gasteiger charge is 2.14. The van der Waals surface area contributed by atoms with Crippen LogP contribution < -0.4 is 5.56 Å². The fourth-order valence-corrected chi connectivity index (χ4v) is 2.18. The molecule has 0 fully saturated rings. The minimum absolute atomic E-state index is 0.177. The summed E-state index contributed by atoms with van der Waals surface area (Å²) in [4.78, 5) is 12.1. The summed E-state index contributed by atoms with van der Waals surface area (Å²) < 4.78 is 16.4. The summed E-state index contributed by atoms with van der Waals surface area (Å²) in [6, 6.07) is 6.54. The third-order valence-corrected chi connectivity index (χ3v) is 3.43. The zero-order valence-electron chi connectivity index (χ0n) is 11.4. The quantitative estimate of drug-likeness (QED) is 0.636. The van der Waals surface area contributed by atoms with Gasteiger partial charge < -0.3 is 0 Å². The van der Waals surface area contributed by atoms with Crippen LogP contribution in [0.25, 0.3) is 11.5 Å². The van der Waals surface area contributed by atoms with E-state index in [1.807, 2.05) is 32.0 Å². The van der Waals surface area contributed by atoms with Gasteiger partial charge in [0.25, 0.3) is 5.56 Å². The van der Waals surface area contributed by atoms with Crippen molar-refractivity contribution in [3.63, 3.8) is 0 Å². The Balaban J connectivity index is 2.41. The molecule has 0 N–H and O–H groups in total. The molecule has 0 atom stereocenters. The van der Waals surface area contributed by atoms with Gasteiger partial charge in [-0.1, -0.05) is 6.07 Å². The van der Waals surface area contributed by atoms with Crippen LogP contribution in [0.5, 0.6) is 0 Å². The van der Waals surface area contributed by atoms with E-state index in [2.05, 4.69) is 10.2 Å². The van der Waals surface area contributed by atoms with Crippen molar-refractivity contribution < 1.29 is 4.39 Å². The molecule has 0 saturated heterocycles. The number of hydrogen-bond acceptors (Lipinski definition) is 3. The van der Waals surface area contributed by atoms with Crippen LogP contribution in [0.2, 0.25) is 0 Å². The lowest BCUT2D eigenvalue weighted by molar-refractivity contribution is 0.552. The second-order valence-electron chi connectivity index (χ2n) is 4.79. The molecule has 0 radical (unpaired) electrons. The van der Waals surface area contributed by atoms with E-state index in [-0.39, 0.29) is 5.78 Å². The van der Waals surface area contributed by atoms with Crippen molar-refractivity contribution >= 4 is 5.78 Å². The fourth-order valence-electron chi connectivity index (χ4n) is 2.18. The lowest BCUT2D eigenvalue weighted by atomic mass is 10.1. The van der Waals surface area contributed by atoms with E-state index >= 15 is 0 Å². The zero-order valence-corrected chi connectivity index (χ0v) is 11.4. The summed E-state index contributed by atoms with van der Waals surface area (Å²) in [7, 11) is 0. The Kier molecular flexibility index (Phi) is 2.67. The second kappa shape index (κ2) is 4.26. The third-order valence-electron chi connectivity index (χ3n) is 3.43. The van der Waals surface area contributed by atoms with E-state index in [1.54, 1.807) is 6.92 Å². The third kappa shape index (κ3) is 1.72. The van der Waals surface area contributed by atoms with Gasteiger partial charge in [0.1, 0.15) is 5.82 Å². The predicted octanol–water partition coefficient (Wildman–Crippen LogP) is 1.94. The summed E-state index contributed by atoms with van der Waals surface area (Å²) >= 11 is 0. The average molecular weight is 272 g/mol. The predicted molar refractivity (Wildman–Crippen MR) is 72.8 cm³/mol. The molecule has 0 amide bonds. The van der Waals surface area contributed by atoms with Gasteiger partial charge in [-0.2, -0.15) is 4.39 Å². The van der Waals surface area contributed by atoms with Crippen LogP contribution in [-0.2, 0) is 0 Å². The number of rotatable bonds is 1. The van der Waals surface area contributed by atoms with Crippen LogP contribution >= 0.6 is 0 Å². The van der Waals surface area contributed by atoms with Gasteiger partial charge in [0.2, 0.25) is 11.7 Å². The van der Waals surface area contributed by atoms with E-state index in [0.29, 0.717) is 11.5 Å². The lowest BCUT2D eigenvalue weighted by Crippen LogP contribution is -2.22. The maximum Gasteiger partial charge on any atom is 0.262 e. The largest absolute Gasteiger partial charge is 0.269 e. The number of aryl methyl sites for hydroxylation is 3. The fraction of sp³-hybridized carbons (Fsp3) is 0.214. The van der Waals surface area contributed by atoms with Crippen molar-refractivity contribution in [2.45, 2.75) is 20.8 Å². The average Bonchev–Trinajstić information content (AvgIpc) is 2.76. The number of nitrogens with zero attached hydrogens (tertiary/aromatic N) is 4. The molecule has 2 aromatic heterocycles. The van der Waals surface area contributed by atoms with Crippen LogP contribution in [0, 0.1) is 26.7 Å². The highest BCUT2D eigenvalue weighted by molar-refractivity contribution is 5.46. The normalized spacial score (nSPS) is 11.2. The summed E-state index contributed by atoms with van der Waals surface area (Å²) in [6.07, 6.45) is 0. The van der Waals surface area contributed by atoms with E-state index in [4.69, 9.17) is 0 Å². The van der Waals surface area contributed by atoms with Gasteiger partial charge in [-0.3, -0.25) is 4.79 Å². The summed E-state index contributed by atoms with van der Waals surface area (Å²) in [5.41, 5.74) is 2.35. The summed E-state index contributed by atoms with van der Waals surface area (Å²) in [6.45, 7) is 5.58. The van der Waals surface area contributed by atoms with Crippen molar-refractivity contribution in [1.29, 1.82) is 0 Å². The molecule has 0 saturated carbocycles. The Morgan fingerprint density at radius 2 is 1.80 bits per heavy atom. The van der Waals surface area contributed by atoms with Crippen LogP contribution in [0.4, 0.5) is 4.39 Å². The van der Waals surface area contributed by atoms with Crippen molar-refractivity contribution in [1.82, 2.24) is 19.2 Å². The molecule has 0 aliphatic heterocycles. The first-order valence-corrected chi connectivity index (χ1v) is 6.20. The first kappa shape index (κ1) is 12.5. The van der Waals surface area contributed by atoms with Crippen molar-refractivity contribution in [2.75, 3.05) is 0 Å². The molecule has 1 aromatic carbocycles. The number of fused-ring (bicyclic) bond motifs is 1. The SMILES string of the molecule is Cc1ccc(-n2c(=O)cc(F)n3c(C)nnc23)cc1C. The van der Waals surface area contributed by atoms with E-state index in [1.165, 1.54) is 8.97 Å². The Morgan fingerprint density at radius 3 is 2.50 bits per heavy atom. The van der Waals surface area contributed by atoms with Gasteiger partial charge in [-0.25, -0.2) is 8.97 Å². The Hall–Kier alpha value is -2.50. The molecule has 102 valence electrons. The number of halogens is 1. The molecule has 2 heterocycles. The van der Waals surface area contributed by atoms with Gasteiger partial charge in [0, 0.05) is 0 Å². The van der Waals surface area contributed by atoms with Crippen LogP contribution in [0.1, 0.15) is 17.0 Å². The topological polar surface area (TPSA) is 52.2 Å². The van der Waals surface area contributed by atoms with Gasteiger partial charge in [0.15, 0.2) is 0 Å². The first-order valence-electron chi connectivity index (χ1n) is 6.20. The van der Waals surface area contributed by atoms with Crippen molar-refractivity contribution in [2.24, 2.45) is 0 Å². The molecule has 6 heteroatoms. The minimum Gasteiger partial charge on any atom is -0.269 e. The number of hydrogen-bond donors (Lipinski definition) is 0.